The first-order valence-electron chi connectivity index (χ1n) is 10.7. The summed E-state index contributed by atoms with van der Waals surface area (Å²) in [6.45, 7) is 1.47. The van der Waals surface area contributed by atoms with Crippen molar-refractivity contribution in [3.8, 4) is 0 Å². The molecule has 0 unspecified atom stereocenters. The summed E-state index contributed by atoms with van der Waals surface area (Å²) in [5.41, 5.74) is 2.86. The van der Waals surface area contributed by atoms with Gasteiger partial charge in [-0.2, -0.15) is 9.40 Å². The molecule has 2 N–H and O–H groups in total. The van der Waals surface area contributed by atoms with Gasteiger partial charge in [-0.25, -0.2) is 13.4 Å². The van der Waals surface area contributed by atoms with Gasteiger partial charge in [0.25, 0.3) is 0 Å². The number of hydrogen-bond donors (Lipinski definition) is 2. The minimum Gasteiger partial charge on any atom is -0.379 e. The first-order valence-corrected chi connectivity index (χ1v) is 12.1. The molecule has 1 aliphatic rings. The number of H-pyrrole nitrogens is 1. The Morgan fingerprint density at radius 3 is 2.85 bits per heavy atom. The molecule has 5 rings (SSSR count). The zero-order chi connectivity index (χ0) is 23.0. The Morgan fingerprint density at radius 1 is 1.21 bits per heavy atom. The van der Waals surface area contributed by atoms with Crippen LogP contribution in [0.2, 0.25) is 0 Å². The van der Waals surface area contributed by atoms with Crippen LogP contribution in [0.4, 0.5) is 5.69 Å². The molecule has 0 saturated carbocycles. The highest BCUT2D eigenvalue weighted by atomic mass is 32.2. The molecule has 2 aromatic heterocycles. The van der Waals surface area contributed by atoms with Crippen LogP contribution in [0.1, 0.15) is 12.2 Å². The molecule has 0 bridgehead atoms. The normalized spacial score (nSPS) is 15.3. The van der Waals surface area contributed by atoms with Crippen molar-refractivity contribution in [2.24, 2.45) is 7.05 Å². The summed E-state index contributed by atoms with van der Waals surface area (Å²) < 4.78 is 34.5. The van der Waals surface area contributed by atoms with Crippen molar-refractivity contribution in [2.75, 3.05) is 31.6 Å². The van der Waals surface area contributed by atoms with Crippen LogP contribution in [0.15, 0.2) is 47.5 Å². The molecule has 2 aromatic carbocycles. The number of sulfonamides is 1. The lowest BCUT2D eigenvalue weighted by Crippen LogP contribution is -2.40. The first-order chi connectivity index (χ1) is 15.9. The molecule has 1 fully saturated rings. The van der Waals surface area contributed by atoms with Crippen LogP contribution < -0.4 is 5.32 Å². The number of para-hydroxylation sites is 1. The molecule has 172 valence electrons. The van der Waals surface area contributed by atoms with Crippen LogP contribution in [0.25, 0.3) is 21.9 Å². The van der Waals surface area contributed by atoms with Crippen LogP contribution in [0.5, 0.6) is 0 Å². The standard InChI is InChI=1S/C22H24N6O4S/c1-27-19-6-5-16(33(30,31)28-9-11-32-12-10-28)13-18(19)24-20(27)7-8-21(29)25-17-4-2-3-15-14-23-26-22(15)17/h2-6,13-14H,7-12H2,1H3,(H,23,26)(H,25,29). The molecule has 10 nitrogen and oxygen atoms in total. The number of benzene rings is 2. The average molecular weight is 469 g/mol. The van der Waals surface area contributed by atoms with Crippen LogP contribution in [-0.4, -0.2) is 64.7 Å². The fourth-order valence-electron chi connectivity index (χ4n) is 4.06. The summed E-state index contributed by atoms with van der Waals surface area (Å²) in [5, 5.41) is 10.7. The number of morpholine rings is 1. The van der Waals surface area contributed by atoms with E-state index < -0.39 is 10.0 Å². The molecule has 1 saturated heterocycles. The smallest absolute Gasteiger partial charge is 0.243 e. The molecule has 0 radical (unpaired) electrons. The number of anilines is 1. The van der Waals surface area contributed by atoms with Gasteiger partial charge in [-0.05, 0) is 24.3 Å². The molecule has 4 aromatic rings. The molecule has 3 heterocycles. The fourth-order valence-corrected chi connectivity index (χ4v) is 5.49. The Morgan fingerprint density at radius 2 is 2.03 bits per heavy atom. The number of aryl methyl sites for hydroxylation is 2. The molecule has 0 atom stereocenters. The zero-order valence-electron chi connectivity index (χ0n) is 18.1. The average Bonchev–Trinajstić information content (AvgIpc) is 3.43. The van der Waals surface area contributed by atoms with E-state index in [1.165, 1.54) is 4.31 Å². The molecule has 1 aliphatic heterocycles. The van der Waals surface area contributed by atoms with Crippen molar-refractivity contribution in [1.82, 2.24) is 24.1 Å². The number of aromatic amines is 1. The summed E-state index contributed by atoms with van der Waals surface area (Å²) >= 11 is 0. The Labute approximate surface area is 190 Å². The Balaban J connectivity index is 1.32. The SMILES string of the molecule is Cn1c(CCC(=O)Nc2cccc3cn[nH]c23)nc2cc(S(=O)(=O)N3CCOCC3)ccc21. The molecular weight excluding hydrogens is 444 g/mol. The van der Waals surface area contributed by atoms with Crippen molar-refractivity contribution in [3.05, 3.63) is 48.4 Å². The summed E-state index contributed by atoms with van der Waals surface area (Å²) in [5.74, 6) is 0.570. The highest BCUT2D eigenvalue weighted by Crippen LogP contribution is 2.24. The van der Waals surface area contributed by atoms with Gasteiger partial charge < -0.3 is 14.6 Å². The number of nitrogens with one attached hydrogen (secondary N) is 2. The summed E-state index contributed by atoms with van der Waals surface area (Å²) in [6, 6.07) is 10.6. The van der Waals surface area contributed by atoms with E-state index in [-0.39, 0.29) is 17.2 Å². The quantitative estimate of drug-likeness (QED) is 0.447. The number of aromatic nitrogens is 4. The fraction of sp³-hybridized carbons (Fsp3) is 0.318. The van der Waals surface area contributed by atoms with Crippen molar-refractivity contribution in [2.45, 2.75) is 17.7 Å². The lowest BCUT2D eigenvalue weighted by Gasteiger charge is -2.26. The van der Waals surface area contributed by atoms with Crippen LogP contribution in [-0.2, 0) is 33.0 Å². The predicted octanol–water partition coefficient (Wildman–Crippen LogP) is 2.04. The number of imidazole rings is 1. The molecule has 11 heteroatoms. The van der Waals surface area contributed by atoms with Gasteiger partial charge in [-0.15, -0.1) is 0 Å². The number of fused-ring (bicyclic) bond motifs is 2. The Hall–Kier alpha value is -3.28. The van der Waals surface area contributed by atoms with Gasteiger partial charge in [0.1, 0.15) is 5.82 Å². The predicted molar refractivity (Wildman–Crippen MR) is 123 cm³/mol. The van der Waals surface area contributed by atoms with E-state index in [2.05, 4.69) is 20.5 Å². The maximum absolute atomic E-state index is 13.0. The van der Waals surface area contributed by atoms with Crippen LogP contribution in [0.3, 0.4) is 0 Å². The van der Waals surface area contributed by atoms with E-state index in [0.29, 0.717) is 49.8 Å². The maximum Gasteiger partial charge on any atom is 0.243 e. The van der Waals surface area contributed by atoms with Gasteiger partial charge >= 0.3 is 0 Å². The van der Waals surface area contributed by atoms with E-state index in [1.54, 1.807) is 24.4 Å². The van der Waals surface area contributed by atoms with Gasteiger partial charge in [0.15, 0.2) is 0 Å². The van der Waals surface area contributed by atoms with E-state index in [1.807, 2.05) is 29.8 Å². The number of hydrogen-bond acceptors (Lipinski definition) is 6. The highest BCUT2D eigenvalue weighted by Gasteiger charge is 2.27. The van der Waals surface area contributed by atoms with Crippen LogP contribution in [0, 0.1) is 0 Å². The van der Waals surface area contributed by atoms with Crippen molar-refractivity contribution in [1.29, 1.82) is 0 Å². The van der Waals surface area contributed by atoms with Gasteiger partial charge in [0.05, 0.1) is 46.5 Å². The number of carbonyl (C=O) groups is 1. The molecule has 0 aliphatic carbocycles. The largest absolute Gasteiger partial charge is 0.379 e. The highest BCUT2D eigenvalue weighted by molar-refractivity contribution is 7.89. The lowest BCUT2D eigenvalue weighted by molar-refractivity contribution is -0.116. The Bertz CT molecular complexity index is 1440. The number of rotatable bonds is 6. The molecule has 33 heavy (non-hydrogen) atoms. The number of ether oxygens (including phenoxy) is 1. The second-order valence-corrected chi connectivity index (χ2v) is 9.88. The first kappa shape index (κ1) is 21.6. The molecule has 0 spiro atoms. The minimum atomic E-state index is -3.60. The summed E-state index contributed by atoms with van der Waals surface area (Å²) in [6.07, 6.45) is 2.36. The topological polar surface area (TPSA) is 122 Å². The van der Waals surface area contributed by atoms with Gasteiger partial charge in [-0.3, -0.25) is 9.89 Å². The number of amides is 1. The van der Waals surface area contributed by atoms with E-state index in [0.717, 1.165) is 16.4 Å². The molecule has 1 amide bonds. The van der Waals surface area contributed by atoms with Crippen LogP contribution >= 0.6 is 0 Å². The molecular formula is C22H24N6O4S. The van der Waals surface area contributed by atoms with Crippen molar-refractivity contribution >= 4 is 43.6 Å². The third kappa shape index (κ3) is 4.10. The summed E-state index contributed by atoms with van der Waals surface area (Å²) in [4.78, 5) is 17.4. The second-order valence-electron chi connectivity index (χ2n) is 7.94. The minimum absolute atomic E-state index is 0.139. The van der Waals surface area contributed by atoms with E-state index >= 15 is 0 Å². The second kappa shape index (κ2) is 8.58. The third-order valence-electron chi connectivity index (χ3n) is 5.88. The van der Waals surface area contributed by atoms with Crippen molar-refractivity contribution < 1.29 is 17.9 Å². The number of nitrogens with zero attached hydrogens (tertiary/aromatic N) is 4. The van der Waals surface area contributed by atoms with Gasteiger partial charge in [0.2, 0.25) is 15.9 Å². The Kier molecular flexibility index (Phi) is 5.60. The van der Waals surface area contributed by atoms with Gasteiger partial charge in [0, 0.05) is 38.4 Å². The summed E-state index contributed by atoms with van der Waals surface area (Å²) in [7, 11) is -1.73. The van der Waals surface area contributed by atoms with Crippen molar-refractivity contribution in [3.63, 3.8) is 0 Å². The maximum atomic E-state index is 13.0. The monoisotopic (exact) mass is 468 g/mol. The van der Waals surface area contributed by atoms with E-state index in [4.69, 9.17) is 4.74 Å². The van der Waals surface area contributed by atoms with E-state index in [9.17, 15) is 13.2 Å². The van der Waals surface area contributed by atoms with Gasteiger partial charge in [-0.1, -0.05) is 12.1 Å². The lowest BCUT2D eigenvalue weighted by atomic mass is 10.2. The zero-order valence-corrected chi connectivity index (χ0v) is 18.9. The number of carbonyl (C=O) groups excluding carboxylic acids is 1. The third-order valence-corrected chi connectivity index (χ3v) is 7.77.